The Morgan fingerprint density at radius 1 is 1.25 bits per heavy atom. The summed E-state index contributed by atoms with van der Waals surface area (Å²) in [6.45, 7) is 10.4. The van der Waals surface area contributed by atoms with Crippen molar-refractivity contribution in [3.63, 3.8) is 0 Å². The molecule has 2 N–H and O–H groups in total. The maximum Gasteiger partial charge on any atom is 0.245 e. The Kier molecular flexibility index (Phi) is 5.95. The van der Waals surface area contributed by atoms with Crippen molar-refractivity contribution in [3.05, 3.63) is 35.5 Å². The number of rotatable bonds is 7. The van der Waals surface area contributed by atoms with Crippen molar-refractivity contribution in [3.8, 4) is 0 Å². The lowest BCUT2D eigenvalue weighted by molar-refractivity contribution is -0.118. The summed E-state index contributed by atoms with van der Waals surface area (Å²) in [5, 5.41) is 10.2. The molecule has 130 valence electrons. The highest BCUT2D eigenvalue weighted by molar-refractivity contribution is 5.92. The van der Waals surface area contributed by atoms with E-state index in [0.717, 1.165) is 29.2 Å². The van der Waals surface area contributed by atoms with Gasteiger partial charge in [-0.25, -0.2) is 0 Å². The zero-order valence-corrected chi connectivity index (χ0v) is 15.0. The number of amides is 1. The minimum Gasteiger partial charge on any atom is -0.376 e. The molecule has 24 heavy (non-hydrogen) atoms. The Hall–Kier alpha value is -2.37. The highest BCUT2D eigenvalue weighted by atomic mass is 16.5. The van der Waals surface area contributed by atoms with Crippen molar-refractivity contribution in [1.82, 2.24) is 10.1 Å². The van der Waals surface area contributed by atoms with Gasteiger partial charge in [0, 0.05) is 23.7 Å². The molecule has 1 amide bonds. The summed E-state index contributed by atoms with van der Waals surface area (Å²) in [5.41, 5.74) is 2.78. The molecular weight excluding hydrogens is 304 g/mol. The molecule has 0 spiro atoms. The van der Waals surface area contributed by atoms with Crippen molar-refractivity contribution in [1.29, 1.82) is 0 Å². The first-order valence-corrected chi connectivity index (χ1v) is 8.32. The summed E-state index contributed by atoms with van der Waals surface area (Å²) in [6, 6.07) is 5.78. The monoisotopic (exact) mass is 330 g/mol. The van der Waals surface area contributed by atoms with Crippen LogP contribution in [0.25, 0.3) is 0 Å². The molecule has 0 radical (unpaired) electrons. The van der Waals surface area contributed by atoms with Crippen LogP contribution in [0.3, 0.4) is 0 Å². The van der Waals surface area contributed by atoms with Crippen LogP contribution in [-0.4, -0.2) is 16.0 Å². The maximum atomic E-state index is 11.8. The first kappa shape index (κ1) is 18.0. The molecule has 0 fully saturated rings. The highest BCUT2D eigenvalue weighted by Crippen LogP contribution is 2.21. The molecule has 2 aromatic rings. The average molecular weight is 330 g/mol. The Bertz CT molecular complexity index is 692. The van der Waals surface area contributed by atoms with E-state index in [-0.39, 0.29) is 11.8 Å². The van der Waals surface area contributed by atoms with Gasteiger partial charge in [-0.2, -0.15) is 4.98 Å². The summed E-state index contributed by atoms with van der Waals surface area (Å²) >= 11 is 0. The third kappa shape index (κ3) is 5.08. The molecule has 0 aliphatic heterocycles. The third-order valence-electron chi connectivity index (χ3n) is 3.56. The SMILES string of the molecule is Cc1ccc(NC(=O)C(C)C)cc1NCc1nc(CC(C)C)no1. The second kappa shape index (κ2) is 7.95. The number of anilines is 2. The maximum absolute atomic E-state index is 11.8. The van der Waals surface area contributed by atoms with Crippen LogP contribution in [0.1, 0.15) is 45.0 Å². The first-order chi connectivity index (χ1) is 11.3. The van der Waals surface area contributed by atoms with Gasteiger partial charge in [-0.05, 0) is 30.5 Å². The van der Waals surface area contributed by atoms with E-state index in [2.05, 4.69) is 34.6 Å². The summed E-state index contributed by atoms with van der Waals surface area (Å²) < 4.78 is 5.26. The zero-order valence-electron chi connectivity index (χ0n) is 15.0. The van der Waals surface area contributed by atoms with Gasteiger partial charge in [0.15, 0.2) is 5.82 Å². The van der Waals surface area contributed by atoms with E-state index in [0.29, 0.717) is 18.4 Å². The van der Waals surface area contributed by atoms with E-state index < -0.39 is 0 Å². The van der Waals surface area contributed by atoms with Gasteiger partial charge in [-0.3, -0.25) is 4.79 Å². The van der Waals surface area contributed by atoms with E-state index in [1.165, 1.54) is 0 Å². The lowest BCUT2D eigenvalue weighted by atomic mass is 10.1. The Morgan fingerprint density at radius 3 is 2.67 bits per heavy atom. The molecule has 6 nitrogen and oxygen atoms in total. The van der Waals surface area contributed by atoms with E-state index in [4.69, 9.17) is 4.52 Å². The second-order valence-electron chi connectivity index (χ2n) is 6.73. The average Bonchev–Trinajstić information content (AvgIpc) is 2.94. The summed E-state index contributed by atoms with van der Waals surface area (Å²) in [5.74, 6) is 1.73. The topological polar surface area (TPSA) is 80.0 Å². The number of carbonyl (C=O) groups excluding carboxylic acids is 1. The molecule has 1 heterocycles. The number of hydrogen-bond acceptors (Lipinski definition) is 5. The number of carbonyl (C=O) groups is 1. The minimum absolute atomic E-state index is 0.0000292. The molecule has 1 aromatic carbocycles. The molecule has 0 atom stereocenters. The van der Waals surface area contributed by atoms with Gasteiger partial charge in [0.1, 0.15) is 0 Å². The number of nitrogens with zero attached hydrogens (tertiary/aromatic N) is 2. The van der Waals surface area contributed by atoms with Gasteiger partial charge in [0.2, 0.25) is 11.8 Å². The van der Waals surface area contributed by atoms with Crippen LogP contribution < -0.4 is 10.6 Å². The largest absolute Gasteiger partial charge is 0.376 e. The second-order valence-corrected chi connectivity index (χ2v) is 6.73. The van der Waals surface area contributed by atoms with Crippen LogP contribution in [-0.2, 0) is 17.8 Å². The molecule has 0 bridgehead atoms. The molecule has 2 rings (SSSR count). The first-order valence-electron chi connectivity index (χ1n) is 8.32. The number of hydrogen-bond donors (Lipinski definition) is 2. The van der Waals surface area contributed by atoms with E-state index in [1.54, 1.807) is 0 Å². The Balaban J connectivity index is 2.01. The van der Waals surface area contributed by atoms with Gasteiger partial charge >= 0.3 is 0 Å². The van der Waals surface area contributed by atoms with Crippen LogP contribution in [0.15, 0.2) is 22.7 Å². The fourth-order valence-electron chi connectivity index (χ4n) is 2.16. The van der Waals surface area contributed by atoms with E-state index in [9.17, 15) is 4.79 Å². The van der Waals surface area contributed by atoms with Gasteiger partial charge in [0.05, 0.1) is 6.54 Å². The normalized spacial score (nSPS) is 11.1. The standard InChI is InChI=1S/C18H26N4O2/c1-11(2)8-16-21-17(24-22-16)10-19-15-9-14(7-6-13(15)5)20-18(23)12(3)4/h6-7,9,11-12,19H,8,10H2,1-5H3,(H,20,23). The summed E-state index contributed by atoms with van der Waals surface area (Å²) in [7, 11) is 0. The van der Waals surface area contributed by atoms with Crippen LogP contribution >= 0.6 is 0 Å². The van der Waals surface area contributed by atoms with Crippen LogP contribution in [0.4, 0.5) is 11.4 Å². The molecule has 0 aliphatic rings. The quantitative estimate of drug-likeness (QED) is 0.807. The molecule has 1 aromatic heterocycles. The molecule has 6 heteroatoms. The van der Waals surface area contributed by atoms with Crippen molar-refractivity contribution in [2.24, 2.45) is 11.8 Å². The van der Waals surface area contributed by atoms with Crippen molar-refractivity contribution in [2.45, 2.75) is 47.6 Å². The van der Waals surface area contributed by atoms with Crippen LogP contribution in [0.5, 0.6) is 0 Å². The lowest BCUT2D eigenvalue weighted by Crippen LogP contribution is -2.17. The van der Waals surface area contributed by atoms with E-state index >= 15 is 0 Å². The lowest BCUT2D eigenvalue weighted by Gasteiger charge is -2.12. The highest BCUT2D eigenvalue weighted by Gasteiger charge is 2.10. The Labute approximate surface area is 143 Å². The predicted molar refractivity (Wildman–Crippen MR) is 94.8 cm³/mol. The van der Waals surface area contributed by atoms with Crippen LogP contribution in [0, 0.1) is 18.8 Å². The number of nitrogens with one attached hydrogen (secondary N) is 2. The zero-order chi connectivity index (χ0) is 17.7. The van der Waals surface area contributed by atoms with Gasteiger partial charge in [-0.1, -0.05) is 38.9 Å². The van der Waals surface area contributed by atoms with Crippen molar-refractivity contribution < 1.29 is 9.32 Å². The number of aromatic nitrogens is 2. The summed E-state index contributed by atoms with van der Waals surface area (Å²) in [4.78, 5) is 16.2. The van der Waals surface area contributed by atoms with Crippen molar-refractivity contribution in [2.75, 3.05) is 10.6 Å². The van der Waals surface area contributed by atoms with Crippen molar-refractivity contribution >= 4 is 17.3 Å². The van der Waals surface area contributed by atoms with E-state index in [1.807, 2.05) is 39.0 Å². The van der Waals surface area contributed by atoms with Gasteiger partial charge < -0.3 is 15.2 Å². The predicted octanol–water partition coefficient (Wildman–Crippen LogP) is 3.78. The Morgan fingerprint density at radius 2 is 2.00 bits per heavy atom. The fraction of sp³-hybridized carbons (Fsp3) is 0.500. The van der Waals surface area contributed by atoms with Gasteiger partial charge in [0.25, 0.3) is 0 Å². The van der Waals surface area contributed by atoms with Crippen LogP contribution in [0.2, 0.25) is 0 Å². The molecular formula is C18H26N4O2. The fourth-order valence-corrected chi connectivity index (χ4v) is 2.16. The minimum atomic E-state index is -0.0551. The number of benzene rings is 1. The third-order valence-corrected chi connectivity index (χ3v) is 3.56. The molecule has 0 aliphatic carbocycles. The smallest absolute Gasteiger partial charge is 0.245 e. The molecule has 0 saturated carbocycles. The molecule has 0 unspecified atom stereocenters. The number of aryl methyl sites for hydroxylation is 1. The summed E-state index contributed by atoms with van der Waals surface area (Å²) in [6.07, 6.45) is 0.805. The van der Waals surface area contributed by atoms with Gasteiger partial charge in [-0.15, -0.1) is 0 Å². The molecule has 0 saturated heterocycles.